The fourth-order valence-corrected chi connectivity index (χ4v) is 6.44. The van der Waals surface area contributed by atoms with Crippen LogP contribution in [0.1, 0.15) is 36.6 Å². The molecule has 3 aromatic rings. The molecule has 0 unspecified atom stereocenters. The molecule has 0 spiro atoms. The number of nitrogens with one attached hydrogen (secondary N) is 2. The van der Waals surface area contributed by atoms with Crippen molar-refractivity contribution in [1.82, 2.24) is 0 Å². The van der Waals surface area contributed by atoms with Crippen LogP contribution in [0.25, 0.3) is 0 Å². The lowest BCUT2D eigenvalue weighted by Crippen LogP contribution is -2.13. The van der Waals surface area contributed by atoms with E-state index in [1.54, 1.807) is 30.3 Å². The summed E-state index contributed by atoms with van der Waals surface area (Å²) in [5.74, 6) is 2.06. The summed E-state index contributed by atoms with van der Waals surface area (Å²) in [4.78, 5) is 25.4. The van der Waals surface area contributed by atoms with Gasteiger partial charge >= 0.3 is 0 Å². The van der Waals surface area contributed by atoms with Crippen molar-refractivity contribution in [2.45, 2.75) is 11.0 Å². The van der Waals surface area contributed by atoms with Gasteiger partial charge in [0.25, 0.3) is 11.8 Å². The van der Waals surface area contributed by atoms with Gasteiger partial charge in [-0.1, -0.05) is 18.2 Å². The molecule has 0 saturated carbocycles. The molecule has 148 valence electrons. The van der Waals surface area contributed by atoms with Crippen molar-refractivity contribution in [3.05, 3.63) is 82.0 Å². The van der Waals surface area contributed by atoms with Gasteiger partial charge in [-0.15, -0.1) is 34.9 Å². The smallest absolute Gasteiger partial charge is 0.265 e. The Kier molecular flexibility index (Phi) is 6.59. The van der Waals surface area contributed by atoms with Gasteiger partial charge in [-0.2, -0.15) is 0 Å². The van der Waals surface area contributed by atoms with Crippen LogP contribution in [0.3, 0.4) is 0 Å². The molecule has 2 heterocycles. The molecular formula is C22H20N2O2S3. The lowest BCUT2D eigenvalue weighted by Gasteiger charge is -2.21. The van der Waals surface area contributed by atoms with Crippen molar-refractivity contribution in [2.75, 3.05) is 22.1 Å². The lowest BCUT2D eigenvalue weighted by atomic mass is 10.1. The zero-order chi connectivity index (χ0) is 20.1. The van der Waals surface area contributed by atoms with Crippen LogP contribution >= 0.6 is 34.9 Å². The number of hydrogen-bond donors (Lipinski definition) is 2. The van der Waals surface area contributed by atoms with Gasteiger partial charge in [0.15, 0.2) is 0 Å². The van der Waals surface area contributed by atoms with Crippen LogP contribution < -0.4 is 10.6 Å². The second-order valence-electron chi connectivity index (χ2n) is 6.52. The van der Waals surface area contributed by atoms with E-state index in [0.717, 1.165) is 5.69 Å². The maximum Gasteiger partial charge on any atom is 0.265 e. The molecule has 1 aromatic heterocycles. The first-order valence-electron chi connectivity index (χ1n) is 9.28. The van der Waals surface area contributed by atoms with Crippen LogP contribution in [-0.2, 0) is 0 Å². The second kappa shape index (κ2) is 9.52. The Labute approximate surface area is 182 Å². The Balaban J connectivity index is 1.39. The summed E-state index contributed by atoms with van der Waals surface area (Å²) >= 11 is 5.32. The molecule has 7 heteroatoms. The summed E-state index contributed by atoms with van der Waals surface area (Å²) in [5.41, 5.74) is 3.25. The van der Waals surface area contributed by atoms with Gasteiger partial charge < -0.3 is 10.6 Å². The van der Waals surface area contributed by atoms with Gasteiger partial charge in [-0.25, -0.2) is 0 Å². The maximum atomic E-state index is 12.6. The van der Waals surface area contributed by atoms with Crippen LogP contribution in [0.2, 0.25) is 0 Å². The van der Waals surface area contributed by atoms with Gasteiger partial charge in [-0.05, 0) is 71.3 Å². The predicted octanol–water partition coefficient (Wildman–Crippen LogP) is 6.12. The van der Waals surface area contributed by atoms with Crippen molar-refractivity contribution in [2.24, 2.45) is 0 Å². The van der Waals surface area contributed by atoms with Crippen molar-refractivity contribution in [3.8, 4) is 0 Å². The van der Waals surface area contributed by atoms with E-state index in [1.807, 2.05) is 47.1 Å². The molecule has 0 bridgehead atoms. The number of carbonyl (C=O) groups excluding carboxylic acids is 2. The Morgan fingerprint density at radius 1 is 0.828 bits per heavy atom. The van der Waals surface area contributed by atoms with E-state index >= 15 is 0 Å². The highest BCUT2D eigenvalue weighted by Crippen LogP contribution is 2.44. The number of amides is 2. The maximum absolute atomic E-state index is 12.6. The molecule has 2 aromatic carbocycles. The van der Waals surface area contributed by atoms with Gasteiger partial charge in [0.2, 0.25) is 0 Å². The normalized spacial score (nSPS) is 14.3. The third-order valence-corrected chi connectivity index (χ3v) is 8.28. The zero-order valence-electron chi connectivity index (χ0n) is 15.6. The number of hydrogen-bond acceptors (Lipinski definition) is 5. The molecule has 1 aliphatic rings. The Morgan fingerprint density at radius 2 is 1.59 bits per heavy atom. The van der Waals surface area contributed by atoms with Crippen LogP contribution in [0.4, 0.5) is 11.4 Å². The highest BCUT2D eigenvalue weighted by Gasteiger charge is 2.17. The summed E-state index contributed by atoms with van der Waals surface area (Å²) < 4.78 is 0.437. The number of thioether (sulfide) groups is 2. The number of rotatable bonds is 5. The first-order valence-corrected chi connectivity index (χ1v) is 12.3. The molecular weight excluding hydrogens is 420 g/mol. The van der Waals surface area contributed by atoms with Gasteiger partial charge in [0, 0.05) is 16.9 Å². The highest BCUT2D eigenvalue weighted by molar-refractivity contribution is 8.16. The third-order valence-electron chi connectivity index (χ3n) is 4.39. The number of thiophene rings is 1. The van der Waals surface area contributed by atoms with E-state index < -0.39 is 0 Å². The van der Waals surface area contributed by atoms with Crippen LogP contribution in [0, 0.1) is 0 Å². The SMILES string of the molecule is O=C(Nc1cccc(C2SCCCS2)c1)c1ccc(NC(=O)c2cccs2)cc1. The summed E-state index contributed by atoms with van der Waals surface area (Å²) in [7, 11) is 0. The summed E-state index contributed by atoms with van der Waals surface area (Å²) in [6.07, 6.45) is 1.26. The van der Waals surface area contributed by atoms with Crippen LogP contribution in [-0.4, -0.2) is 23.3 Å². The molecule has 1 saturated heterocycles. The molecule has 4 nitrogen and oxygen atoms in total. The summed E-state index contributed by atoms with van der Waals surface area (Å²) in [5, 5.41) is 7.68. The minimum Gasteiger partial charge on any atom is -0.322 e. The standard InChI is InChI=1S/C22H20N2O2S3/c25-20(24-18-5-1-4-16(14-18)22-28-12-3-13-29-22)15-7-9-17(10-8-15)23-21(26)19-6-2-11-27-19/h1-2,4-11,14,22H,3,12-13H2,(H,23,26)(H,24,25). The van der Waals surface area contributed by atoms with Crippen molar-refractivity contribution in [3.63, 3.8) is 0 Å². The molecule has 0 aliphatic carbocycles. The Bertz CT molecular complexity index is 982. The Morgan fingerprint density at radius 3 is 2.31 bits per heavy atom. The molecule has 4 rings (SSSR count). The van der Waals surface area contributed by atoms with E-state index in [9.17, 15) is 9.59 Å². The van der Waals surface area contributed by atoms with Crippen LogP contribution in [0.15, 0.2) is 66.0 Å². The minimum atomic E-state index is -0.165. The van der Waals surface area contributed by atoms with E-state index in [-0.39, 0.29) is 11.8 Å². The average Bonchev–Trinajstić information content (AvgIpc) is 3.30. The van der Waals surface area contributed by atoms with Gasteiger partial charge in [-0.3, -0.25) is 9.59 Å². The average molecular weight is 441 g/mol. The number of benzene rings is 2. The van der Waals surface area contributed by atoms with Crippen LogP contribution in [0.5, 0.6) is 0 Å². The predicted molar refractivity (Wildman–Crippen MR) is 125 cm³/mol. The molecule has 0 atom stereocenters. The first kappa shape index (κ1) is 20.1. The van der Waals surface area contributed by atoms with E-state index in [0.29, 0.717) is 20.7 Å². The molecule has 2 N–H and O–H groups in total. The molecule has 29 heavy (non-hydrogen) atoms. The molecule has 1 aliphatic heterocycles. The fraction of sp³-hybridized carbons (Fsp3) is 0.182. The topological polar surface area (TPSA) is 58.2 Å². The summed E-state index contributed by atoms with van der Waals surface area (Å²) in [6, 6.07) is 18.6. The van der Waals surface area contributed by atoms with Gasteiger partial charge in [0.1, 0.15) is 0 Å². The first-order chi connectivity index (χ1) is 14.2. The van der Waals surface area contributed by atoms with E-state index in [1.165, 1.54) is 34.8 Å². The van der Waals surface area contributed by atoms with Gasteiger partial charge in [0.05, 0.1) is 9.46 Å². The third kappa shape index (κ3) is 5.23. The number of anilines is 2. The second-order valence-corrected chi connectivity index (χ2v) is 10.2. The monoisotopic (exact) mass is 440 g/mol. The highest BCUT2D eigenvalue weighted by atomic mass is 32.2. The molecule has 2 amide bonds. The number of carbonyl (C=O) groups is 2. The molecule has 0 radical (unpaired) electrons. The quantitative estimate of drug-likeness (QED) is 0.502. The van der Waals surface area contributed by atoms with Crippen molar-refractivity contribution in [1.29, 1.82) is 0 Å². The summed E-state index contributed by atoms with van der Waals surface area (Å²) in [6.45, 7) is 0. The van der Waals surface area contributed by atoms with Crippen molar-refractivity contribution < 1.29 is 9.59 Å². The minimum absolute atomic E-state index is 0.146. The molecule has 1 fully saturated rings. The van der Waals surface area contributed by atoms with E-state index in [4.69, 9.17) is 0 Å². The van der Waals surface area contributed by atoms with E-state index in [2.05, 4.69) is 22.8 Å². The lowest BCUT2D eigenvalue weighted by molar-refractivity contribution is 0.102. The largest absolute Gasteiger partial charge is 0.322 e. The zero-order valence-corrected chi connectivity index (χ0v) is 18.0. The fourth-order valence-electron chi connectivity index (χ4n) is 2.95. The Hall–Kier alpha value is -2.22. The van der Waals surface area contributed by atoms with Crippen molar-refractivity contribution >= 4 is 58.0 Å².